The quantitative estimate of drug-likeness (QED) is 0.193. The molecule has 0 N–H and O–H groups in total. The van der Waals surface area contributed by atoms with Crippen LogP contribution in [-0.2, 0) is 19.0 Å². The van der Waals surface area contributed by atoms with Gasteiger partial charge in [-0.25, -0.2) is 9.78 Å². The molecule has 0 aliphatic carbocycles. The first-order valence-corrected chi connectivity index (χ1v) is 18.0. The van der Waals surface area contributed by atoms with Crippen LogP contribution in [0.1, 0.15) is 91.0 Å². The maximum Gasteiger partial charge on any atom is 0.340 e. The van der Waals surface area contributed by atoms with Crippen molar-refractivity contribution in [2.75, 3.05) is 38.3 Å². The first-order chi connectivity index (χ1) is 23.9. The Kier molecular flexibility index (Phi) is 10.4. The summed E-state index contributed by atoms with van der Waals surface area (Å²) >= 11 is 0. The number of nitrogens with zero attached hydrogens (tertiary/aromatic N) is 4. The summed E-state index contributed by atoms with van der Waals surface area (Å²) in [5.74, 6) is 1.92. The van der Waals surface area contributed by atoms with E-state index in [-0.39, 0.29) is 18.3 Å². The third kappa shape index (κ3) is 7.76. The second-order valence-electron chi connectivity index (χ2n) is 14.7. The number of ether oxygens (including phenoxy) is 5. The highest BCUT2D eigenvalue weighted by atomic mass is 16.6. The number of carbonyl (C=O) groups excluding carboxylic acids is 1. The number of hydrogen-bond acceptors (Lipinski definition) is 9. The van der Waals surface area contributed by atoms with Crippen molar-refractivity contribution in [3.8, 4) is 33.9 Å². The zero-order chi connectivity index (χ0) is 35.6. The minimum Gasteiger partial charge on any atom is -0.497 e. The minimum absolute atomic E-state index is 0.0378. The van der Waals surface area contributed by atoms with Crippen LogP contribution in [-0.4, -0.2) is 71.3 Å². The highest BCUT2D eigenvalue weighted by molar-refractivity contribution is 5.81. The van der Waals surface area contributed by atoms with E-state index in [1.165, 1.54) is 0 Å². The number of benzene rings is 2. The number of anilines is 1. The predicted octanol–water partition coefficient (Wildman–Crippen LogP) is 8.13. The minimum atomic E-state index is -0.984. The summed E-state index contributed by atoms with van der Waals surface area (Å²) in [4.78, 5) is 21.0. The fraction of sp³-hybridized carbons (Fsp3) is 0.525. The topological polar surface area (TPSA) is 96.7 Å². The van der Waals surface area contributed by atoms with Gasteiger partial charge in [0.1, 0.15) is 17.3 Å². The number of piperidine rings is 1. The van der Waals surface area contributed by atoms with Crippen molar-refractivity contribution in [3.05, 3.63) is 59.8 Å². The Bertz CT molecular complexity index is 1820. The number of hydrogen-bond donors (Lipinski definition) is 0. The SMILES string of the molecule is CCOC(=O)C(OC(C)(C)C)c1c(C)nc2cc3nn2c1N1CCC(C)(CC1)OCCCCC(C)Oc1ccc(OC)cc1-c1cccc-3c1. The van der Waals surface area contributed by atoms with Gasteiger partial charge in [-0.3, -0.25) is 0 Å². The third-order valence-corrected chi connectivity index (χ3v) is 9.60. The molecule has 3 aliphatic rings. The van der Waals surface area contributed by atoms with E-state index in [0.29, 0.717) is 23.5 Å². The molecule has 268 valence electrons. The molecule has 0 amide bonds. The van der Waals surface area contributed by atoms with Crippen molar-refractivity contribution < 1.29 is 28.5 Å². The molecule has 0 spiro atoms. The van der Waals surface area contributed by atoms with Crippen LogP contribution in [0.25, 0.3) is 28.0 Å². The van der Waals surface area contributed by atoms with Gasteiger partial charge in [-0.05, 0) is 110 Å². The van der Waals surface area contributed by atoms with E-state index >= 15 is 0 Å². The second-order valence-corrected chi connectivity index (χ2v) is 14.7. The van der Waals surface area contributed by atoms with Crippen LogP contribution in [0.3, 0.4) is 0 Å². The van der Waals surface area contributed by atoms with Crippen molar-refractivity contribution in [3.63, 3.8) is 0 Å². The van der Waals surface area contributed by atoms with E-state index in [2.05, 4.69) is 36.9 Å². The molecule has 1 fully saturated rings. The first kappa shape index (κ1) is 35.7. The lowest BCUT2D eigenvalue weighted by molar-refractivity contribution is -0.166. The largest absolute Gasteiger partial charge is 0.497 e. The van der Waals surface area contributed by atoms with Gasteiger partial charge >= 0.3 is 5.97 Å². The highest BCUT2D eigenvalue weighted by Gasteiger charge is 2.38. The lowest BCUT2D eigenvalue weighted by Crippen LogP contribution is -2.46. The fourth-order valence-electron chi connectivity index (χ4n) is 6.94. The molecule has 2 atom stereocenters. The Hall–Kier alpha value is -4.15. The van der Waals surface area contributed by atoms with Crippen LogP contribution in [0.4, 0.5) is 5.82 Å². The Morgan fingerprint density at radius 3 is 2.56 bits per heavy atom. The Morgan fingerprint density at radius 2 is 1.84 bits per heavy atom. The van der Waals surface area contributed by atoms with E-state index in [0.717, 1.165) is 84.9 Å². The molecule has 2 aromatic carbocycles. The van der Waals surface area contributed by atoms with Crippen molar-refractivity contribution in [1.29, 1.82) is 0 Å². The fourth-order valence-corrected chi connectivity index (χ4v) is 6.94. The van der Waals surface area contributed by atoms with Gasteiger partial charge in [0.05, 0.1) is 42.3 Å². The predicted molar refractivity (Wildman–Crippen MR) is 195 cm³/mol. The number of aryl methyl sites for hydroxylation is 1. The van der Waals surface area contributed by atoms with Gasteiger partial charge in [0.2, 0.25) is 0 Å². The second kappa shape index (κ2) is 14.6. The third-order valence-electron chi connectivity index (χ3n) is 9.60. The molecule has 50 heavy (non-hydrogen) atoms. The number of aromatic nitrogens is 3. The lowest BCUT2D eigenvalue weighted by atomic mass is 9.92. The number of carbonyl (C=O) groups is 1. The van der Waals surface area contributed by atoms with Gasteiger partial charge in [-0.1, -0.05) is 18.2 Å². The average molecular weight is 685 g/mol. The lowest BCUT2D eigenvalue weighted by Gasteiger charge is -2.41. The molecular weight excluding hydrogens is 632 g/mol. The normalized spacial score (nSPS) is 20.6. The van der Waals surface area contributed by atoms with Crippen LogP contribution in [0, 0.1) is 6.92 Å². The molecule has 3 aliphatic heterocycles. The summed E-state index contributed by atoms with van der Waals surface area (Å²) in [6.45, 7) is 16.3. The van der Waals surface area contributed by atoms with Gasteiger partial charge in [-0.15, -0.1) is 0 Å². The number of methoxy groups -OCH3 is 1. The van der Waals surface area contributed by atoms with Crippen molar-refractivity contribution in [2.24, 2.45) is 0 Å². The molecule has 4 aromatic rings. The van der Waals surface area contributed by atoms with E-state index in [1.807, 2.05) is 69.5 Å². The summed E-state index contributed by atoms with van der Waals surface area (Å²) in [6, 6.07) is 16.3. The first-order valence-electron chi connectivity index (χ1n) is 18.0. The van der Waals surface area contributed by atoms with E-state index in [1.54, 1.807) is 7.11 Å². The maximum absolute atomic E-state index is 13.7. The molecule has 7 rings (SSSR count). The molecule has 2 unspecified atom stereocenters. The van der Waals surface area contributed by atoms with Gasteiger partial charge in [-0.2, -0.15) is 9.61 Å². The smallest absolute Gasteiger partial charge is 0.340 e. The van der Waals surface area contributed by atoms with E-state index < -0.39 is 17.7 Å². The summed E-state index contributed by atoms with van der Waals surface area (Å²) < 4.78 is 32.7. The van der Waals surface area contributed by atoms with Gasteiger partial charge in [0.25, 0.3) is 0 Å². The van der Waals surface area contributed by atoms with Gasteiger partial charge in [0.15, 0.2) is 11.8 Å². The summed E-state index contributed by atoms with van der Waals surface area (Å²) in [6.07, 6.45) is 3.60. The summed E-state index contributed by atoms with van der Waals surface area (Å²) in [5, 5.41) is 5.20. The zero-order valence-corrected chi connectivity index (χ0v) is 30.9. The zero-order valence-electron chi connectivity index (χ0n) is 30.9. The Balaban J connectivity index is 1.54. The van der Waals surface area contributed by atoms with E-state index in [4.69, 9.17) is 33.8 Å². The molecule has 0 radical (unpaired) electrons. The van der Waals surface area contributed by atoms with Crippen LogP contribution in [0.5, 0.6) is 11.5 Å². The van der Waals surface area contributed by atoms with E-state index in [9.17, 15) is 4.79 Å². The molecule has 0 saturated carbocycles. The van der Waals surface area contributed by atoms with Crippen LogP contribution >= 0.6 is 0 Å². The van der Waals surface area contributed by atoms with Gasteiger partial charge in [0, 0.05) is 42.6 Å². The van der Waals surface area contributed by atoms with Crippen LogP contribution < -0.4 is 14.4 Å². The number of fused-ring (bicyclic) bond motifs is 8. The molecule has 5 heterocycles. The van der Waals surface area contributed by atoms with Gasteiger partial charge < -0.3 is 28.6 Å². The summed E-state index contributed by atoms with van der Waals surface area (Å²) in [7, 11) is 1.68. The standard InChI is InChI=1S/C40H52N4O6/c1-9-47-38(45)36(50-39(4,5)6)35-27(3)41-34-25-32-29-15-12-14-28(23-29)31-24-30(46-8)16-17-33(31)49-26(2)13-10-11-22-48-40(7)18-20-43(21-19-40)37(35)44(34)42-32/h12,14-17,23-26,36H,9-11,13,18-22H2,1-8H3. The molecule has 6 bridgehead atoms. The van der Waals surface area contributed by atoms with Crippen molar-refractivity contribution >= 4 is 17.4 Å². The molecule has 1 saturated heterocycles. The summed E-state index contributed by atoms with van der Waals surface area (Å²) in [5.41, 5.74) is 4.82. The molecule has 10 nitrogen and oxygen atoms in total. The Morgan fingerprint density at radius 1 is 1.08 bits per heavy atom. The number of esters is 1. The molecule has 10 heteroatoms. The maximum atomic E-state index is 13.7. The molecular formula is C40H52N4O6. The monoisotopic (exact) mass is 684 g/mol. The van der Waals surface area contributed by atoms with Crippen LogP contribution in [0.15, 0.2) is 48.5 Å². The van der Waals surface area contributed by atoms with Crippen molar-refractivity contribution in [2.45, 2.75) is 104 Å². The Labute approximate surface area is 296 Å². The highest BCUT2D eigenvalue weighted by Crippen LogP contribution is 2.40. The average Bonchev–Trinajstić information content (AvgIpc) is 3.50. The van der Waals surface area contributed by atoms with Crippen LogP contribution in [0.2, 0.25) is 0 Å². The van der Waals surface area contributed by atoms with Crippen molar-refractivity contribution in [1.82, 2.24) is 14.6 Å². The number of rotatable bonds is 5. The molecule has 2 aromatic heterocycles.